The van der Waals surface area contributed by atoms with Crippen molar-refractivity contribution in [1.82, 2.24) is 19.7 Å². The molecule has 0 aliphatic carbocycles. The van der Waals surface area contributed by atoms with E-state index >= 15 is 0 Å². The van der Waals surface area contributed by atoms with E-state index in [0.717, 1.165) is 31.3 Å². The van der Waals surface area contributed by atoms with Crippen molar-refractivity contribution in [1.29, 1.82) is 0 Å². The lowest BCUT2D eigenvalue weighted by Gasteiger charge is -2.36. The summed E-state index contributed by atoms with van der Waals surface area (Å²) in [6.07, 6.45) is 1.72. The zero-order chi connectivity index (χ0) is 17.8. The van der Waals surface area contributed by atoms with Gasteiger partial charge in [0.2, 0.25) is 5.91 Å². The molecular formula is C18H25N5OS. The first kappa shape index (κ1) is 17.8. The lowest BCUT2D eigenvalue weighted by molar-refractivity contribution is -0.128. The number of aromatic nitrogens is 3. The highest BCUT2D eigenvalue weighted by Gasteiger charge is 2.22. The van der Waals surface area contributed by atoms with Gasteiger partial charge in [0, 0.05) is 37.9 Å². The average Bonchev–Trinajstić information content (AvgIpc) is 3.09. The zero-order valence-corrected chi connectivity index (χ0v) is 15.9. The molecule has 6 nitrogen and oxygen atoms in total. The topological polar surface area (TPSA) is 54.3 Å². The second kappa shape index (κ2) is 7.91. The monoisotopic (exact) mass is 359 g/mol. The molecular weight excluding hydrogens is 334 g/mol. The number of rotatable bonds is 5. The molecule has 1 aromatic heterocycles. The quantitative estimate of drug-likeness (QED) is 0.768. The number of benzene rings is 1. The minimum atomic E-state index is 0.173. The Morgan fingerprint density at radius 3 is 2.68 bits per heavy atom. The maximum absolute atomic E-state index is 12.5. The van der Waals surface area contributed by atoms with Crippen molar-refractivity contribution in [2.75, 3.05) is 36.8 Å². The Morgan fingerprint density at radius 2 is 2.00 bits per heavy atom. The number of hydrogen-bond donors (Lipinski definition) is 0. The van der Waals surface area contributed by atoms with E-state index < -0.39 is 0 Å². The van der Waals surface area contributed by atoms with Gasteiger partial charge in [0.25, 0.3) is 0 Å². The fraction of sp³-hybridized carbons (Fsp3) is 0.500. The van der Waals surface area contributed by atoms with E-state index in [0.29, 0.717) is 11.8 Å². The van der Waals surface area contributed by atoms with Crippen LogP contribution in [0.4, 0.5) is 5.69 Å². The Kier molecular flexibility index (Phi) is 5.63. The van der Waals surface area contributed by atoms with Gasteiger partial charge in [-0.2, -0.15) is 0 Å². The number of piperazine rings is 1. The molecule has 0 bridgehead atoms. The van der Waals surface area contributed by atoms with Crippen LogP contribution < -0.4 is 4.90 Å². The van der Waals surface area contributed by atoms with E-state index in [1.54, 1.807) is 6.33 Å². The van der Waals surface area contributed by atoms with Crippen molar-refractivity contribution < 1.29 is 4.79 Å². The number of amides is 1. The highest BCUT2D eigenvalue weighted by molar-refractivity contribution is 7.99. The Labute approximate surface area is 153 Å². The number of hydrogen-bond acceptors (Lipinski definition) is 5. The number of aryl methyl sites for hydroxylation is 1. The minimum absolute atomic E-state index is 0.173. The van der Waals surface area contributed by atoms with Crippen LogP contribution in [0.1, 0.15) is 25.5 Å². The van der Waals surface area contributed by atoms with E-state index in [9.17, 15) is 4.79 Å². The molecule has 1 fully saturated rings. The maximum Gasteiger partial charge on any atom is 0.233 e. The molecule has 0 N–H and O–H groups in total. The van der Waals surface area contributed by atoms with E-state index in [2.05, 4.69) is 60.1 Å². The van der Waals surface area contributed by atoms with Crippen LogP contribution in [-0.2, 0) is 4.79 Å². The fourth-order valence-corrected chi connectivity index (χ4v) is 3.89. The fourth-order valence-electron chi connectivity index (χ4n) is 2.95. The zero-order valence-electron chi connectivity index (χ0n) is 15.1. The number of carbonyl (C=O) groups is 1. The van der Waals surface area contributed by atoms with Crippen LogP contribution in [0, 0.1) is 6.92 Å². The summed E-state index contributed by atoms with van der Waals surface area (Å²) in [5.74, 6) is 0.586. The molecule has 1 aromatic carbocycles. The van der Waals surface area contributed by atoms with Gasteiger partial charge in [-0.3, -0.25) is 4.79 Å². The van der Waals surface area contributed by atoms with Crippen LogP contribution in [0.25, 0.3) is 0 Å². The lowest BCUT2D eigenvalue weighted by atomic mass is 10.2. The second-order valence-electron chi connectivity index (χ2n) is 6.61. The molecule has 1 aliphatic heterocycles. The normalized spacial score (nSPS) is 15.0. The Hall–Kier alpha value is -2.02. The molecule has 0 saturated carbocycles. The number of thioether (sulfide) groups is 1. The SMILES string of the molecule is Cc1cccc(N2CCN(C(=O)CSc3nncn3C(C)C)CC2)c1. The summed E-state index contributed by atoms with van der Waals surface area (Å²) < 4.78 is 1.99. The van der Waals surface area contributed by atoms with Gasteiger partial charge in [-0.1, -0.05) is 23.9 Å². The third-order valence-corrected chi connectivity index (χ3v) is 5.36. The predicted octanol–water partition coefficient (Wildman–Crippen LogP) is 2.61. The van der Waals surface area contributed by atoms with Gasteiger partial charge < -0.3 is 14.4 Å². The van der Waals surface area contributed by atoms with E-state index in [1.165, 1.54) is 23.0 Å². The summed E-state index contributed by atoms with van der Waals surface area (Å²) >= 11 is 1.47. The van der Waals surface area contributed by atoms with Gasteiger partial charge in [-0.25, -0.2) is 0 Å². The van der Waals surface area contributed by atoms with Crippen molar-refractivity contribution in [3.8, 4) is 0 Å². The Bertz CT molecular complexity index is 722. The van der Waals surface area contributed by atoms with Crippen molar-refractivity contribution in [3.05, 3.63) is 36.2 Å². The standard InChI is InChI=1S/C18H25N5OS/c1-14(2)23-13-19-20-18(23)25-12-17(24)22-9-7-21(8-10-22)16-6-4-5-15(3)11-16/h4-6,11,13-14H,7-10,12H2,1-3H3. The first-order chi connectivity index (χ1) is 12.0. The molecule has 0 spiro atoms. The molecule has 134 valence electrons. The van der Waals surface area contributed by atoms with Gasteiger partial charge in [-0.15, -0.1) is 10.2 Å². The van der Waals surface area contributed by atoms with Crippen molar-refractivity contribution >= 4 is 23.4 Å². The summed E-state index contributed by atoms with van der Waals surface area (Å²) in [4.78, 5) is 16.8. The van der Waals surface area contributed by atoms with Crippen LogP contribution in [0.3, 0.4) is 0 Å². The molecule has 2 aromatic rings. The van der Waals surface area contributed by atoms with Crippen LogP contribution >= 0.6 is 11.8 Å². The van der Waals surface area contributed by atoms with Crippen LogP contribution in [0.2, 0.25) is 0 Å². The number of nitrogens with zero attached hydrogens (tertiary/aromatic N) is 5. The van der Waals surface area contributed by atoms with Crippen LogP contribution in [0.5, 0.6) is 0 Å². The molecule has 0 atom stereocenters. The average molecular weight is 359 g/mol. The molecule has 2 heterocycles. The minimum Gasteiger partial charge on any atom is -0.368 e. The van der Waals surface area contributed by atoms with Crippen molar-refractivity contribution in [2.24, 2.45) is 0 Å². The first-order valence-corrected chi connectivity index (χ1v) is 9.65. The van der Waals surface area contributed by atoms with E-state index in [1.807, 2.05) is 9.47 Å². The maximum atomic E-state index is 12.5. The largest absolute Gasteiger partial charge is 0.368 e. The molecule has 3 rings (SSSR count). The summed E-state index contributed by atoms with van der Waals surface area (Å²) in [6.45, 7) is 9.56. The van der Waals surface area contributed by atoms with Crippen LogP contribution in [0.15, 0.2) is 35.7 Å². The molecule has 7 heteroatoms. The first-order valence-electron chi connectivity index (χ1n) is 8.66. The lowest BCUT2D eigenvalue weighted by Crippen LogP contribution is -2.49. The second-order valence-corrected chi connectivity index (χ2v) is 7.55. The van der Waals surface area contributed by atoms with Gasteiger partial charge in [0.05, 0.1) is 5.75 Å². The summed E-state index contributed by atoms with van der Waals surface area (Å²) in [5, 5.41) is 8.86. The molecule has 0 radical (unpaired) electrons. The van der Waals surface area contributed by atoms with Crippen LogP contribution in [-0.4, -0.2) is 57.5 Å². The molecule has 1 aliphatic rings. The molecule has 0 unspecified atom stereocenters. The van der Waals surface area contributed by atoms with Gasteiger partial charge in [0.1, 0.15) is 6.33 Å². The van der Waals surface area contributed by atoms with Gasteiger partial charge in [0.15, 0.2) is 5.16 Å². The third-order valence-electron chi connectivity index (χ3n) is 4.42. The van der Waals surface area contributed by atoms with E-state index in [-0.39, 0.29) is 5.91 Å². The third kappa shape index (κ3) is 4.34. The smallest absolute Gasteiger partial charge is 0.233 e. The highest BCUT2D eigenvalue weighted by Crippen LogP contribution is 2.21. The summed E-state index contributed by atoms with van der Waals surface area (Å²) in [7, 11) is 0. The van der Waals surface area contributed by atoms with Gasteiger partial charge >= 0.3 is 0 Å². The van der Waals surface area contributed by atoms with Gasteiger partial charge in [-0.05, 0) is 38.5 Å². The van der Waals surface area contributed by atoms with Crippen molar-refractivity contribution in [3.63, 3.8) is 0 Å². The Balaban J connectivity index is 1.51. The molecule has 1 amide bonds. The summed E-state index contributed by atoms with van der Waals surface area (Å²) in [5.41, 5.74) is 2.51. The number of anilines is 1. The Morgan fingerprint density at radius 1 is 1.24 bits per heavy atom. The highest BCUT2D eigenvalue weighted by atomic mass is 32.2. The van der Waals surface area contributed by atoms with E-state index in [4.69, 9.17) is 0 Å². The summed E-state index contributed by atoms with van der Waals surface area (Å²) in [6, 6.07) is 8.83. The predicted molar refractivity (Wildman–Crippen MR) is 101 cm³/mol. The molecule has 1 saturated heterocycles. The molecule has 25 heavy (non-hydrogen) atoms. The number of carbonyl (C=O) groups excluding carboxylic acids is 1. The van der Waals surface area contributed by atoms with Crippen molar-refractivity contribution in [2.45, 2.75) is 32.0 Å².